The maximum Gasteiger partial charge on any atom is 0.225 e. The summed E-state index contributed by atoms with van der Waals surface area (Å²) in [5, 5.41) is 13.2. The van der Waals surface area contributed by atoms with Crippen LogP contribution in [0.25, 0.3) is 0 Å². The van der Waals surface area contributed by atoms with Crippen molar-refractivity contribution in [1.82, 2.24) is 20.2 Å². The third kappa shape index (κ3) is 4.57. The summed E-state index contributed by atoms with van der Waals surface area (Å²) in [6.45, 7) is 4.49. The van der Waals surface area contributed by atoms with Crippen molar-refractivity contribution in [3.05, 3.63) is 18.5 Å². The number of nitrogens with two attached hydrogens (primary N) is 1. The summed E-state index contributed by atoms with van der Waals surface area (Å²) >= 11 is 0. The number of hydrogen-bond donors (Lipinski definition) is 3. The quantitative estimate of drug-likeness (QED) is 0.527. The standard InChI is InChI=1S/C21H32N6O3/c22-19(29)17-14-2-3-15(12-14)18(17)20(30)25-13-16(28)4-7-26-8-10-27(11-9-26)21-23-5-1-6-24-21/h1,5-6,14-18,28H,2-4,7-13H2,(H2,22,29)(H,25,30)/t14-,15+,16?,17+,18-/m1/s1. The van der Waals surface area contributed by atoms with Gasteiger partial charge in [0, 0.05) is 51.7 Å². The van der Waals surface area contributed by atoms with E-state index in [-0.39, 0.29) is 42.0 Å². The van der Waals surface area contributed by atoms with Gasteiger partial charge in [0.25, 0.3) is 0 Å². The van der Waals surface area contributed by atoms with Crippen molar-refractivity contribution in [3.63, 3.8) is 0 Å². The number of primary amides is 1. The molecule has 4 N–H and O–H groups in total. The fourth-order valence-corrected chi connectivity index (χ4v) is 5.47. The number of nitrogens with one attached hydrogen (secondary N) is 1. The minimum absolute atomic E-state index is 0.124. The summed E-state index contributed by atoms with van der Waals surface area (Å²) in [6.07, 6.45) is 6.41. The lowest BCUT2D eigenvalue weighted by atomic mass is 9.78. The van der Waals surface area contributed by atoms with Gasteiger partial charge in [0.1, 0.15) is 0 Å². The summed E-state index contributed by atoms with van der Waals surface area (Å²) in [5.74, 6) is 0.134. The lowest BCUT2D eigenvalue weighted by Crippen LogP contribution is -2.48. The second-order valence-corrected chi connectivity index (χ2v) is 8.85. The number of aliphatic hydroxyl groups is 1. The molecule has 1 unspecified atom stereocenters. The minimum Gasteiger partial charge on any atom is -0.391 e. The van der Waals surface area contributed by atoms with E-state index in [0.717, 1.165) is 57.9 Å². The molecule has 30 heavy (non-hydrogen) atoms. The van der Waals surface area contributed by atoms with Crippen LogP contribution in [0.3, 0.4) is 0 Å². The van der Waals surface area contributed by atoms with E-state index in [1.807, 2.05) is 6.07 Å². The maximum absolute atomic E-state index is 12.7. The second kappa shape index (κ2) is 9.26. The van der Waals surface area contributed by atoms with E-state index in [9.17, 15) is 14.7 Å². The summed E-state index contributed by atoms with van der Waals surface area (Å²) in [7, 11) is 0. The van der Waals surface area contributed by atoms with Crippen molar-refractivity contribution >= 4 is 17.8 Å². The number of carbonyl (C=O) groups is 2. The van der Waals surface area contributed by atoms with Crippen LogP contribution in [0.1, 0.15) is 25.7 Å². The zero-order chi connectivity index (χ0) is 21.1. The highest BCUT2D eigenvalue weighted by Gasteiger charge is 2.53. The number of carbonyl (C=O) groups excluding carboxylic acids is 2. The number of aromatic nitrogens is 2. The number of piperazine rings is 1. The van der Waals surface area contributed by atoms with Crippen LogP contribution in [-0.4, -0.2) is 77.2 Å². The molecule has 4 rings (SSSR count). The third-order valence-corrected chi connectivity index (χ3v) is 7.05. The molecule has 0 radical (unpaired) electrons. The predicted molar refractivity (Wildman–Crippen MR) is 111 cm³/mol. The van der Waals surface area contributed by atoms with E-state index >= 15 is 0 Å². The fourth-order valence-electron chi connectivity index (χ4n) is 5.47. The lowest BCUT2D eigenvalue weighted by Gasteiger charge is -2.35. The zero-order valence-electron chi connectivity index (χ0n) is 17.3. The fraction of sp³-hybridized carbons (Fsp3) is 0.714. The predicted octanol–water partition coefficient (Wildman–Crippen LogP) is -0.387. The van der Waals surface area contributed by atoms with Gasteiger partial charge in [0.2, 0.25) is 17.8 Å². The number of amides is 2. The Bertz CT molecular complexity index is 740. The summed E-state index contributed by atoms with van der Waals surface area (Å²) < 4.78 is 0. The Morgan fingerprint density at radius 1 is 1.13 bits per heavy atom. The smallest absolute Gasteiger partial charge is 0.225 e. The highest BCUT2D eigenvalue weighted by molar-refractivity contribution is 5.88. The molecule has 1 aromatic heterocycles. The van der Waals surface area contributed by atoms with Gasteiger partial charge < -0.3 is 21.1 Å². The first-order valence-electron chi connectivity index (χ1n) is 11.0. The molecule has 0 spiro atoms. The van der Waals surface area contributed by atoms with Crippen LogP contribution in [0.15, 0.2) is 18.5 Å². The molecular formula is C21H32N6O3. The Morgan fingerprint density at radius 3 is 2.47 bits per heavy atom. The molecule has 2 amide bonds. The Balaban J connectivity index is 1.16. The summed E-state index contributed by atoms with van der Waals surface area (Å²) in [6, 6.07) is 1.81. The molecule has 1 aliphatic heterocycles. The maximum atomic E-state index is 12.7. The van der Waals surface area contributed by atoms with Crippen molar-refractivity contribution < 1.29 is 14.7 Å². The number of anilines is 1. The molecule has 3 aliphatic rings. The Morgan fingerprint density at radius 2 is 1.80 bits per heavy atom. The van der Waals surface area contributed by atoms with E-state index in [4.69, 9.17) is 5.73 Å². The van der Waals surface area contributed by atoms with Gasteiger partial charge in [0.05, 0.1) is 17.9 Å². The number of nitrogens with zero attached hydrogens (tertiary/aromatic N) is 4. The SMILES string of the molecule is NC(=O)[C@H]1[C@@H]2CC[C@@H](C2)[C@H]1C(=O)NCC(O)CCN1CCN(c2ncccn2)CC1. The van der Waals surface area contributed by atoms with Crippen molar-refractivity contribution in [2.75, 3.05) is 44.2 Å². The topological polar surface area (TPSA) is 125 Å². The molecule has 1 saturated heterocycles. The Hall–Kier alpha value is -2.26. The van der Waals surface area contributed by atoms with E-state index in [0.29, 0.717) is 6.42 Å². The van der Waals surface area contributed by atoms with Crippen molar-refractivity contribution in [3.8, 4) is 0 Å². The number of fused-ring (bicyclic) bond motifs is 2. The normalized spacial score (nSPS) is 29.7. The van der Waals surface area contributed by atoms with E-state index in [1.54, 1.807) is 12.4 Å². The number of aliphatic hydroxyl groups excluding tert-OH is 1. The van der Waals surface area contributed by atoms with Gasteiger partial charge in [-0.05, 0) is 43.6 Å². The molecule has 1 aromatic rings. The summed E-state index contributed by atoms with van der Waals surface area (Å²) in [4.78, 5) is 37.5. The van der Waals surface area contributed by atoms with Gasteiger partial charge in [-0.3, -0.25) is 14.5 Å². The average molecular weight is 417 g/mol. The zero-order valence-corrected chi connectivity index (χ0v) is 17.3. The number of rotatable bonds is 8. The molecule has 2 heterocycles. The van der Waals surface area contributed by atoms with Crippen LogP contribution >= 0.6 is 0 Å². The molecule has 2 aliphatic carbocycles. The van der Waals surface area contributed by atoms with Crippen molar-refractivity contribution in [1.29, 1.82) is 0 Å². The lowest BCUT2D eigenvalue weighted by molar-refractivity contribution is -0.135. The van der Waals surface area contributed by atoms with E-state index in [1.165, 1.54) is 0 Å². The third-order valence-electron chi connectivity index (χ3n) is 7.05. The van der Waals surface area contributed by atoms with Gasteiger partial charge in [0.15, 0.2) is 0 Å². The van der Waals surface area contributed by atoms with Gasteiger partial charge in [-0.15, -0.1) is 0 Å². The first kappa shape index (κ1) is 21.0. The van der Waals surface area contributed by atoms with Crippen LogP contribution in [0, 0.1) is 23.7 Å². The molecule has 3 fully saturated rings. The molecule has 164 valence electrons. The number of hydrogen-bond acceptors (Lipinski definition) is 7. The van der Waals surface area contributed by atoms with Crippen LogP contribution in [0.2, 0.25) is 0 Å². The Kier molecular flexibility index (Phi) is 6.48. The van der Waals surface area contributed by atoms with Gasteiger partial charge in [-0.25, -0.2) is 9.97 Å². The molecule has 5 atom stereocenters. The van der Waals surface area contributed by atoms with Crippen LogP contribution in [-0.2, 0) is 9.59 Å². The first-order valence-corrected chi connectivity index (χ1v) is 11.0. The highest BCUT2D eigenvalue weighted by atomic mass is 16.3. The van der Waals surface area contributed by atoms with Crippen molar-refractivity contribution in [2.45, 2.75) is 31.8 Å². The van der Waals surface area contributed by atoms with Gasteiger partial charge in [-0.1, -0.05) is 0 Å². The average Bonchev–Trinajstić information content (AvgIpc) is 3.39. The van der Waals surface area contributed by atoms with Gasteiger partial charge in [-0.2, -0.15) is 0 Å². The molecular weight excluding hydrogens is 384 g/mol. The molecule has 9 heteroatoms. The van der Waals surface area contributed by atoms with Crippen molar-refractivity contribution in [2.24, 2.45) is 29.4 Å². The van der Waals surface area contributed by atoms with E-state index < -0.39 is 6.10 Å². The molecule has 2 bridgehead atoms. The van der Waals surface area contributed by atoms with Crippen LogP contribution < -0.4 is 16.0 Å². The molecule has 2 saturated carbocycles. The van der Waals surface area contributed by atoms with E-state index in [2.05, 4.69) is 25.1 Å². The molecule has 9 nitrogen and oxygen atoms in total. The minimum atomic E-state index is -0.602. The second-order valence-electron chi connectivity index (χ2n) is 8.85. The van der Waals surface area contributed by atoms with Crippen LogP contribution in [0.5, 0.6) is 0 Å². The van der Waals surface area contributed by atoms with Gasteiger partial charge >= 0.3 is 0 Å². The monoisotopic (exact) mass is 416 g/mol. The molecule has 0 aromatic carbocycles. The first-order chi connectivity index (χ1) is 14.5. The highest BCUT2D eigenvalue weighted by Crippen LogP contribution is 2.52. The largest absolute Gasteiger partial charge is 0.391 e. The van der Waals surface area contributed by atoms with Crippen LogP contribution in [0.4, 0.5) is 5.95 Å². The Labute approximate surface area is 177 Å². The summed E-state index contributed by atoms with van der Waals surface area (Å²) in [5.41, 5.74) is 5.56.